The van der Waals surface area contributed by atoms with E-state index in [1.165, 1.54) is 18.4 Å². The number of carbonyl (C=O) groups is 1. The molecule has 1 aliphatic rings. The van der Waals surface area contributed by atoms with Crippen LogP contribution in [0, 0.1) is 5.92 Å². The molecule has 2 aromatic carbocycles. The summed E-state index contributed by atoms with van der Waals surface area (Å²) in [6, 6.07) is 18.0. The van der Waals surface area contributed by atoms with Gasteiger partial charge in [0.2, 0.25) is 0 Å². The summed E-state index contributed by atoms with van der Waals surface area (Å²) in [4.78, 5) is 14.7. The number of amides is 1. The van der Waals surface area contributed by atoms with Crippen molar-refractivity contribution in [3.8, 4) is 11.1 Å². The van der Waals surface area contributed by atoms with Crippen LogP contribution in [0.25, 0.3) is 11.1 Å². The molecule has 1 amide bonds. The number of likely N-dealkylation sites (tertiary alicyclic amines) is 1. The van der Waals surface area contributed by atoms with Gasteiger partial charge in [0.05, 0.1) is 0 Å². The first-order valence-corrected chi connectivity index (χ1v) is 8.88. The van der Waals surface area contributed by atoms with E-state index in [1.807, 2.05) is 42.5 Å². The minimum atomic E-state index is 0.0136. The van der Waals surface area contributed by atoms with Gasteiger partial charge in [-0.1, -0.05) is 49.4 Å². The lowest BCUT2D eigenvalue weighted by molar-refractivity contribution is 0.0944. The summed E-state index contributed by atoms with van der Waals surface area (Å²) in [7, 11) is 0. The summed E-state index contributed by atoms with van der Waals surface area (Å²) in [5.41, 5.74) is 3.03. The van der Waals surface area contributed by atoms with Crippen molar-refractivity contribution in [2.45, 2.75) is 19.8 Å². The quantitative estimate of drug-likeness (QED) is 0.908. The maximum Gasteiger partial charge on any atom is 0.251 e. The van der Waals surface area contributed by atoms with E-state index < -0.39 is 0 Å². The Labute approximate surface area is 144 Å². The van der Waals surface area contributed by atoms with Gasteiger partial charge in [-0.2, -0.15) is 0 Å². The maximum absolute atomic E-state index is 12.3. The second-order valence-corrected chi connectivity index (χ2v) is 6.75. The molecule has 1 atom stereocenters. The molecule has 24 heavy (non-hydrogen) atoms. The standard InChI is InChI=1S/C21H26N2O/c1-17-6-5-14-23(16-17)15-13-22-21(24)20-11-9-19(10-12-20)18-7-3-2-4-8-18/h2-4,7-12,17H,5-6,13-16H2,1H3,(H,22,24). The second-order valence-electron chi connectivity index (χ2n) is 6.75. The third-order valence-corrected chi connectivity index (χ3v) is 4.71. The summed E-state index contributed by atoms with van der Waals surface area (Å²) in [5, 5.41) is 3.04. The second kappa shape index (κ2) is 8.11. The first kappa shape index (κ1) is 16.7. The van der Waals surface area contributed by atoms with Crippen LogP contribution < -0.4 is 5.32 Å². The van der Waals surface area contributed by atoms with Crippen LogP contribution in [0.15, 0.2) is 54.6 Å². The first-order chi connectivity index (χ1) is 11.7. The van der Waals surface area contributed by atoms with Crippen molar-refractivity contribution >= 4 is 5.91 Å². The molecule has 1 fully saturated rings. The van der Waals surface area contributed by atoms with Gasteiger partial charge in [-0.15, -0.1) is 0 Å². The van der Waals surface area contributed by atoms with Gasteiger partial charge in [0.15, 0.2) is 0 Å². The molecule has 3 heteroatoms. The smallest absolute Gasteiger partial charge is 0.251 e. The summed E-state index contributed by atoms with van der Waals surface area (Å²) in [6.45, 7) is 6.27. The van der Waals surface area contributed by atoms with Crippen molar-refractivity contribution in [3.05, 3.63) is 60.2 Å². The predicted molar refractivity (Wildman–Crippen MR) is 99.0 cm³/mol. The van der Waals surface area contributed by atoms with Crippen LogP contribution in [0.5, 0.6) is 0 Å². The van der Waals surface area contributed by atoms with Gasteiger partial charge in [0.1, 0.15) is 0 Å². The molecule has 0 aromatic heterocycles. The van der Waals surface area contributed by atoms with Crippen molar-refractivity contribution in [1.82, 2.24) is 10.2 Å². The fraction of sp³-hybridized carbons (Fsp3) is 0.381. The molecule has 0 spiro atoms. The average molecular weight is 322 g/mol. The first-order valence-electron chi connectivity index (χ1n) is 8.88. The Morgan fingerprint density at radius 3 is 2.50 bits per heavy atom. The molecule has 1 unspecified atom stereocenters. The Bertz CT molecular complexity index is 651. The molecule has 1 N–H and O–H groups in total. The highest BCUT2D eigenvalue weighted by atomic mass is 16.1. The lowest BCUT2D eigenvalue weighted by atomic mass is 10.0. The van der Waals surface area contributed by atoms with Gasteiger partial charge in [-0.05, 0) is 48.6 Å². The van der Waals surface area contributed by atoms with E-state index in [0.717, 1.165) is 36.7 Å². The lowest BCUT2D eigenvalue weighted by Gasteiger charge is -2.30. The molecule has 1 aliphatic heterocycles. The minimum Gasteiger partial charge on any atom is -0.351 e. The highest BCUT2D eigenvalue weighted by molar-refractivity contribution is 5.94. The highest BCUT2D eigenvalue weighted by Crippen LogP contribution is 2.19. The zero-order valence-corrected chi connectivity index (χ0v) is 14.4. The van der Waals surface area contributed by atoms with Gasteiger partial charge in [0, 0.05) is 25.2 Å². The third-order valence-electron chi connectivity index (χ3n) is 4.71. The number of carbonyl (C=O) groups excluding carboxylic acids is 1. The number of hydrogen-bond donors (Lipinski definition) is 1. The average Bonchev–Trinajstić information content (AvgIpc) is 2.63. The van der Waals surface area contributed by atoms with Crippen LogP contribution in [-0.2, 0) is 0 Å². The molecule has 0 aliphatic carbocycles. The fourth-order valence-corrected chi connectivity index (χ4v) is 3.36. The summed E-state index contributed by atoms with van der Waals surface area (Å²) in [5.74, 6) is 0.791. The van der Waals surface area contributed by atoms with E-state index in [9.17, 15) is 4.79 Å². The zero-order valence-electron chi connectivity index (χ0n) is 14.4. The third kappa shape index (κ3) is 4.45. The van der Waals surface area contributed by atoms with Gasteiger partial charge in [0.25, 0.3) is 5.91 Å². The molecule has 0 saturated carbocycles. The molecule has 3 nitrogen and oxygen atoms in total. The van der Waals surface area contributed by atoms with Crippen molar-refractivity contribution in [2.75, 3.05) is 26.2 Å². The number of hydrogen-bond acceptors (Lipinski definition) is 2. The van der Waals surface area contributed by atoms with Crippen LogP contribution in [0.4, 0.5) is 0 Å². The van der Waals surface area contributed by atoms with E-state index >= 15 is 0 Å². The van der Waals surface area contributed by atoms with Gasteiger partial charge >= 0.3 is 0 Å². The summed E-state index contributed by atoms with van der Waals surface area (Å²) < 4.78 is 0. The number of rotatable bonds is 5. The van der Waals surface area contributed by atoms with Crippen LogP contribution >= 0.6 is 0 Å². The zero-order chi connectivity index (χ0) is 16.8. The van der Waals surface area contributed by atoms with E-state index in [4.69, 9.17) is 0 Å². The lowest BCUT2D eigenvalue weighted by Crippen LogP contribution is -2.40. The maximum atomic E-state index is 12.3. The Balaban J connectivity index is 1.50. The molecular weight excluding hydrogens is 296 g/mol. The Morgan fingerprint density at radius 2 is 1.79 bits per heavy atom. The van der Waals surface area contributed by atoms with Gasteiger partial charge in [-0.3, -0.25) is 4.79 Å². The topological polar surface area (TPSA) is 32.3 Å². The van der Waals surface area contributed by atoms with Crippen LogP contribution in [0.3, 0.4) is 0 Å². The fourth-order valence-electron chi connectivity index (χ4n) is 3.36. The molecule has 0 bridgehead atoms. The van der Waals surface area contributed by atoms with Crippen LogP contribution in [-0.4, -0.2) is 37.0 Å². The molecule has 126 valence electrons. The van der Waals surface area contributed by atoms with Crippen LogP contribution in [0.1, 0.15) is 30.1 Å². The highest BCUT2D eigenvalue weighted by Gasteiger charge is 2.15. The van der Waals surface area contributed by atoms with Gasteiger partial charge < -0.3 is 10.2 Å². The number of piperidine rings is 1. The normalized spacial score (nSPS) is 18.3. The van der Waals surface area contributed by atoms with E-state index in [1.54, 1.807) is 0 Å². The monoisotopic (exact) mass is 322 g/mol. The molecule has 1 heterocycles. The van der Waals surface area contributed by atoms with Crippen molar-refractivity contribution in [3.63, 3.8) is 0 Å². The van der Waals surface area contributed by atoms with Crippen molar-refractivity contribution in [1.29, 1.82) is 0 Å². The molecular formula is C21H26N2O. The Morgan fingerprint density at radius 1 is 1.08 bits per heavy atom. The van der Waals surface area contributed by atoms with Crippen molar-refractivity contribution < 1.29 is 4.79 Å². The van der Waals surface area contributed by atoms with E-state index in [-0.39, 0.29) is 5.91 Å². The summed E-state index contributed by atoms with van der Waals surface area (Å²) in [6.07, 6.45) is 2.60. The van der Waals surface area contributed by atoms with E-state index in [2.05, 4.69) is 29.3 Å². The molecule has 1 saturated heterocycles. The van der Waals surface area contributed by atoms with Crippen LogP contribution in [0.2, 0.25) is 0 Å². The largest absolute Gasteiger partial charge is 0.351 e. The predicted octanol–water partition coefficient (Wildman–Crippen LogP) is 3.82. The minimum absolute atomic E-state index is 0.0136. The number of nitrogens with zero attached hydrogens (tertiary/aromatic N) is 1. The summed E-state index contributed by atoms with van der Waals surface area (Å²) >= 11 is 0. The Hall–Kier alpha value is -2.13. The molecule has 0 radical (unpaired) electrons. The Kier molecular flexibility index (Phi) is 5.65. The molecule has 3 rings (SSSR count). The van der Waals surface area contributed by atoms with E-state index in [0.29, 0.717) is 6.54 Å². The molecule has 2 aromatic rings. The number of nitrogens with one attached hydrogen (secondary N) is 1. The number of benzene rings is 2. The SMILES string of the molecule is CC1CCCN(CCNC(=O)c2ccc(-c3ccccc3)cc2)C1. The van der Waals surface area contributed by atoms with Crippen molar-refractivity contribution in [2.24, 2.45) is 5.92 Å². The van der Waals surface area contributed by atoms with Gasteiger partial charge in [-0.25, -0.2) is 0 Å².